The molecular formula is C18H29NO4. The molecule has 0 spiro atoms. The van der Waals surface area contributed by atoms with E-state index in [0.717, 1.165) is 12.1 Å². The minimum Gasteiger partial charge on any atom is -0.493 e. The summed E-state index contributed by atoms with van der Waals surface area (Å²) in [5.74, 6) is 1.40. The summed E-state index contributed by atoms with van der Waals surface area (Å²) in [6.45, 7) is 4.79. The molecule has 0 amide bonds. The molecule has 5 heteroatoms. The molecule has 0 saturated carbocycles. The smallest absolute Gasteiger partial charge is 0.161 e. The average molecular weight is 323 g/mol. The molecule has 2 unspecified atom stereocenters. The Hall–Kier alpha value is -1.30. The summed E-state index contributed by atoms with van der Waals surface area (Å²) in [5.41, 5.74) is 1.00. The van der Waals surface area contributed by atoms with E-state index in [9.17, 15) is 5.11 Å². The zero-order valence-electron chi connectivity index (χ0n) is 14.5. The van der Waals surface area contributed by atoms with Gasteiger partial charge in [-0.05, 0) is 44.0 Å². The van der Waals surface area contributed by atoms with Gasteiger partial charge in [-0.2, -0.15) is 0 Å². The second-order valence-electron chi connectivity index (χ2n) is 6.20. The van der Waals surface area contributed by atoms with Gasteiger partial charge in [-0.25, -0.2) is 0 Å². The van der Waals surface area contributed by atoms with Gasteiger partial charge < -0.3 is 19.3 Å². The number of piperidine rings is 1. The summed E-state index contributed by atoms with van der Waals surface area (Å²) in [5, 5.41) is 10.2. The number of hydrogen-bond donors (Lipinski definition) is 1. The Morgan fingerprint density at radius 1 is 1.22 bits per heavy atom. The molecule has 1 aliphatic rings. The number of aliphatic hydroxyl groups is 1. The third kappa shape index (κ3) is 5.37. The molecule has 5 nitrogen and oxygen atoms in total. The summed E-state index contributed by atoms with van der Waals surface area (Å²) in [6, 6.07) is 6.27. The van der Waals surface area contributed by atoms with Crippen LogP contribution in [0.25, 0.3) is 0 Å². The van der Waals surface area contributed by atoms with Gasteiger partial charge in [0.15, 0.2) is 11.5 Å². The van der Waals surface area contributed by atoms with Gasteiger partial charge in [-0.1, -0.05) is 12.5 Å². The van der Waals surface area contributed by atoms with Crippen LogP contribution in [0, 0.1) is 0 Å². The third-order valence-electron chi connectivity index (χ3n) is 4.41. The van der Waals surface area contributed by atoms with Crippen LogP contribution < -0.4 is 9.47 Å². The van der Waals surface area contributed by atoms with Crippen LogP contribution >= 0.6 is 0 Å². The van der Waals surface area contributed by atoms with Crippen molar-refractivity contribution in [1.82, 2.24) is 4.90 Å². The van der Waals surface area contributed by atoms with Crippen LogP contribution in [0.2, 0.25) is 0 Å². The van der Waals surface area contributed by atoms with Crippen LogP contribution in [-0.4, -0.2) is 56.1 Å². The maximum absolute atomic E-state index is 10.2. The van der Waals surface area contributed by atoms with Gasteiger partial charge >= 0.3 is 0 Å². The summed E-state index contributed by atoms with van der Waals surface area (Å²) >= 11 is 0. The van der Waals surface area contributed by atoms with E-state index in [2.05, 4.69) is 11.8 Å². The lowest BCUT2D eigenvalue weighted by Crippen LogP contribution is -2.43. The van der Waals surface area contributed by atoms with Crippen molar-refractivity contribution in [3.05, 3.63) is 23.8 Å². The van der Waals surface area contributed by atoms with Gasteiger partial charge in [0.25, 0.3) is 0 Å². The van der Waals surface area contributed by atoms with E-state index in [4.69, 9.17) is 14.2 Å². The quantitative estimate of drug-likeness (QED) is 0.796. The monoisotopic (exact) mass is 323 g/mol. The van der Waals surface area contributed by atoms with Crippen molar-refractivity contribution in [1.29, 1.82) is 0 Å². The predicted molar refractivity (Wildman–Crippen MR) is 90.1 cm³/mol. The zero-order valence-corrected chi connectivity index (χ0v) is 14.5. The molecule has 2 rings (SSSR count). The minimum atomic E-state index is -0.448. The molecule has 0 aliphatic carbocycles. The lowest BCUT2D eigenvalue weighted by atomic mass is 10.0. The Morgan fingerprint density at radius 2 is 2.00 bits per heavy atom. The number of likely N-dealkylation sites (tertiary alicyclic amines) is 1. The first-order valence-electron chi connectivity index (χ1n) is 8.34. The van der Waals surface area contributed by atoms with E-state index < -0.39 is 6.10 Å². The van der Waals surface area contributed by atoms with E-state index in [0.29, 0.717) is 37.3 Å². The van der Waals surface area contributed by atoms with E-state index in [1.54, 1.807) is 14.2 Å². The van der Waals surface area contributed by atoms with Crippen LogP contribution in [-0.2, 0) is 11.3 Å². The van der Waals surface area contributed by atoms with E-state index in [1.807, 2.05) is 18.2 Å². The fourth-order valence-electron chi connectivity index (χ4n) is 3.04. The maximum Gasteiger partial charge on any atom is 0.161 e. The number of rotatable bonds is 8. The molecule has 0 radical (unpaired) electrons. The number of aliphatic hydroxyl groups excluding tert-OH is 1. The van der Waals surface area contributed by atoms with E-state index in [-0.39, 0.29) is 0 Å². The molecule has 1 aromatic rings. The number of β-amino-alcohol motifs (C(OH)–C–C–N with tert-alkyl or cyclic N) is 1. The first-order valence-corrected chi connectivity index (χ1v) is 8.34. The summed E-state index contributed by atoms with van der Waals surface area (Å²) in [4.78, 5) is 2.36. The van der Waals surface area contributed by atoms with Crippen LogP contribution in [0.3, 0.4) is 0 Å². The Kier molecular flexibility index (Phi) is 7.15. The summed E-state index contributed by atoms with van der Waals surface area (Å²) in [7, 11) is 3.23. The summed E-state index contributed by atoms with van der Waals surface area (Å²) < 4.78 is 16.2. The minimum absolute atomic E-state index is 0.345. The molecule has 1 N–H and O–H groups in total. The van der Waals surface area contributed by atoms with Crippen molar-refractivity contribution in [2.24, 2.45) is 0 Å². The molecule has 1 fully saturated rings. The first kappa shape index (κ1) is 18.0. The standard InChI is InChI=1S/C18H29NO4/c1-14-6-4-5-9-19(14)11-16(20)13-23-12-15-7-8-17(21-2)18(10-15)22-3/h7-8,10,14,16,20H,4-6,9,11-13H2,1-3H3. The normalized spacial score (nSPS) is 20.3. The highest BCUT2D eigenvalue weighted by molar-refractivity contribution is 5.42. The van der Waals surface area contributed by atoms with Crippen molar-refractivity contribution in [2.45, 2.75) is 44.9 Å². The molecule has 0 aromatic heterocycles. The molecule has 130 valence electrons. The second-order valence-corrected chi connectivity index (χ2v) is 6.20. The van der Waals surface area contributed by atoms with Crippen LogP contribution in [0.5, 0.6) is 11.5 Å². The Labute approximate surface area is 139 Å². The average Bonchev–Trinajstić information content (AvgIpc) is 2.56. The fourth-order valence-corrected chi connectivity index (χ4v) is 3.04. The first-order chi connectivity index (χ1) is 11.1. The highest BCUT2D eigenvalue weighted by atomic mass is 16.5. The highest BCUT2D eigenvalue weighted by Gasteiger charge is 2.20. The van der Waals surface area contributed by atoms with Crippen molar-refractivity contribution in [2.75, 3.05) is 33.9 Å². The lowest BCUT2D eigenvalue weighted by molar-refractivity contribution is -0.00143. The van der Waals surface area contributed by atoms with Gasteiger partial charge in [-0.3, -0.25) is 4.90 Å². The summed E-state index contributed by atoms with van der Waals surface area (Å²) in [6.07, 6.45) is 3.29. The van der Waals surface area contributed by atoms with Crippen molar-refractivity contribution < 1.29 is 19.3 Å². The zero-order chi connectivity index (χ0) is 16.7. The van der Waals surface area contributed by atoms with Crippen molar-refractivity contribution in [3.8, 4) is 11.5 Å². The molecule has 1 heterocycles. The van der Waals surface area contributed by atoms with Crippen LogP contribution in [0.4, 0.5) is 0 Å². The van der Waals surface area contributed by atoms with E-state index >= 15 is 0 Å². The van der Waals surface area contributed by atoms with Crippen molar-refractivity contribution in [3.63, 3.8) is 0 Å². The molecule has 1 saturated heterocycles. The molecule has 23 heavy (non-hydrogen) atoms. The van der Waals surface area contributed by atoms with Crippen LogP contribution in [0.1, 0.15) is 31.7 Å². The van der Waals surface area contributed by atoms with Gasteiger partial charge in [-0.15, -0.1) is 0 Å². The number of benzene rings is 1. The van der Waals surface area contributed by atoms with Gasteiger partial charge in [0.05, 0.1) is 33.5 Å². The number of methoxy groups -OCH3 is 2. The maximum atomic E-state index is 10.2. The topological polar surface area (TPSA) is 51.2 Å². The number of nitrogens with zero attached hydrogens (tertiary/aromatic N) is 1. The third-order valence-corrected chi connectivity index (χ3v) is 4.41. The largest absolute Gasteiger partial charge is 0.493 e. The van der Waals surface area contributed by atoms with Crippen molar-refractivity contribution >= 4 is 0 Å². The number of ether oxygens (including phenoxy) is 3. The second kappa shape index (κ2) is 9.11. The van der Waals surface area contributed by atoms with Gasteiger partial charge in [0, 0.05) is 12.6 Å². The fraction of sp³-hybridized carbons (Fsp3) is 0.667. The molecule has 1 aliphatic heterocycles. The number of hydrogen-bond acceptors (Lipinski definition) is 5. The molecule has 2 atom stereocenters. The van der Waals surface area contributed by atoms with Crippen LogP contribution in [0.15, 0.2) is 18.2 Å². The van der Waals surface area contributed by atoms with Gasteiger partial charge in [0.1, 0.15) is 0 Å². The van der Waals surface area contributed by atoms with Gasteiger partial charge in [0.2, 0.25) is 0 Å². The molecule has 1 aromatic carbocycles. The lowest BCUT2D eigenvalue weighted by Gasteiger charge is -2.34. The SMILES string of the molecule is COc1ccc(COCC(O)CN2CCCCC2C)cc1OC. The molecular weight excluding hydrogens is 294 g/mol. The molecule has 0 bridgehead atoms. The Balaban J connectivity index is 1.75. The Morgan fingerprint density at radius 3 is 2.70 bits per heavy atom. The predicted octanol–water partition coefficient (Wildman–Crippen LogP) is 2.46. The highest BCUT2D eigenvalue weighted by Crippen LogP contribution is 2.27. The Bertz CT molecular complexity index is 480. The van der Waals surface area contributed by atoms with E-state index in [1.165, 1.54) is 19.3 Å².